The van der Waals surface area contributed by atoms with Gasteiger partial charge in [-0.15, -0.1) is 11.8 Å². The lowest BCUT2D eigenvalue weighted by atomic mass is 10.1. The first kappa shape index (κ1) is 15.6. The second-order valence-electron chi connectivity index (χ2n) is 5.03. The zero-order valence-electron chi connectivity index (χ0n) is 12.3. The number of benzene rings is 2. The first-order chi connectivity index (χ1) is 10.0. The monoisotopic (exact) mass is 300 g/mol. The number of rotatable bonds is 5. The highest BCUT2D eigenvalue weighted by Gasteiger charge is 2.06. The second-order valence-corrected chi connectivity index (χ2v) is 6.13. The van der Waals surface area contributed by atoms with Gasteiger partial charge in [0, 0.05) is 29.3 Å². The van der Waals surface area contributed by atoms with Gasteiger partial charge in [0.05, 0.1) is 0 Å². The van der Waals surface area contributed by atoms with Gasteiger partial charge in [0.25, 0.3) is 0 Å². The quantitative estimate of drug-likeness (QED) is 0.827. The Bertz CT molecular complexity index is 593. The standard InChI is InChI=1S/C17H20N2OS/c1-12-3-5-14(6-4-12)17(18)11-21-16-9-7-15(8-10-16)19-13(2)20/h3-10,17H,11,18H2,1-2H3,(H,19,20). The van der Waals surface area contributed by atoms with Crippen LogP contribution in [0.1, 0.15) is 24.1 Å². The Labute approximate surface area is 129 Å². The largest absolute Gasteiger partial charge is 0.326 e. The molecule has 0 spiro atoms. The van der Waals surface area contributed by atoms with E-state index in [2.05, 4.69) is 36.5 Å². The summed E-state index contributed by atoms with van der Waals surface area (Å²) in [5.41, 5.74) is 9.42. The molecule has 0 saturated heterocycles. The average Bonchev–Trinajstić information content (AvgIpc) is 2.46. The van der Waals surface area contributed by atoms with E-state index in [1.807, 2.05) is 24.3 Å². The molecule has 0 radical (unpaired) electrons. The highest BCUT2D eigenvalue weighted by atomic mass is 32.2. The van der Waals surface area contributed by atoms with Crippen molar-refractivity contribution in [2.75, 3.05) is 11.1 Å². The summed E-state index contributed by atoms with van der Waals surface area (Å²) in [6.45, 7) is 3.57. The Morgan fingerprint density at radius 1 is 1.14 bits per heavy atom. The Balaban J connectivity index is 1.90. The maximum Gasteiger partial charge on any atom is 0.221 e. The molecule has 0 aliphatic carbocycles. The summed E-state index contributed by atoms with van der Waals surface area (Å²) >= 11 is 1.72. The molecule has 1 unspecified atom stereocenters. The lowest BCUT2D eigenvalue weighted by Crippen LogP contribution is -2.12. The van der Waals surface area contributed by atoms with Crippen molar-refractivity contribution in [2.24, 2.45) is 5.73 Å². The van der Waals surface area contributed by atoms with Crippen LogP contribution in [0.4, 0.5) is 5.69 Å². The summed E-state index contributed by atoms with van der Waals surface area (Å²) < 4.78 is 0. The van der Waals surface area contributed by atoms with Gasteiger partial charge in [0.1, 0.15) is 0 Å². The number of carbonyl (C=O) groups is 1. The molecular weight excluding hydrogens is 280 g/mol. The number of hydrogen-bond donors (Lipinski definition) is 2. The molecule has 21 heavy (non-hydrogen) atoms. The number of hydrogen-bond acceptors (Lipinski definition) is 3. The number of amides is 1. The molecule has 3 N–H and O–H groups in total. The fraction of sp³-hybridized carbons (Fsp3) is 0.235. The highest BCUT2D eigenvalue weighted by molar-refractivity contribution is 7.99. The van der Waals surface area contributed by atoms with Crippen LogP contribution >= 0.6 is 11.8 Å². The van der Waals surface area contributed by atoms with E-state index in [1.165, 1.54) is 12.5 Å². The minimum absolute atomic E-state index is 0.0191. The van der Waals surface area contributed by atoms with Crippen molar-refractivity contribution >= 4 is 23.4 Å². The van der Waals surface area contributed by atoms with E-state index < -0.39 is 0 Å². The average molecular weight is 300 g/mol. The van der Waals surface area contributed by atoms with Gasteiger partial charge in [-0.3, -0.25) is 4.79 Å². The minimum atomic E-state index is -0.0585. The Kier molecular flexibility index (Phi) is 5.42. The van der Waals surface area contributed by atoms with Gasteiger partial charge in [-0.2, -0.15) is 0 Å². The van der Waals surface area contributed by atoms with E-state index in [9.17, 15) is 4.79 Å². The van der Waals surface area contributed by atoms with Gasteiger partial charge >= 0.3 is 0 Å². The summed E-state index contributed by atoms with van der Waals surface area (Å²) in [5, 5.41) is 2.76. The molecule has 0 saturated carbocycles. The number of carbonyl (C=O) groups excluding carboxylic acids is 1. The fourth-order valence-corrected chi connectivity index (χ4v) is 2.83. The van der Waals surface area contributed by atoms with Gasteiger partial charge < -0.3 is 11.1 Å². The fourth-order valence-electron chi connectivity index (χ4n) is 1.93. The number of anilines is 1. The van der Waals surface area contributed by atoms with Crippen LogP contribution in [0.25, 0.3) is 0 Å². The van der Waals surface area contributed by atoms with E-state index in [-0.39, 0.29) is 11.9 Å². The summed E-state index contributed by atoms with van der Waals surface area (Å²) in [4.78, 5) is 12.1. The molecule has 4 heteroatoms. The van der Waals surface area contributed by atoms with E-state index in [0.29, 0.717) is 0 Å². The molecule has 2 rings (SSSR count). The molecule has 1 amide bonds. The molecule has 0 fully saturated rings. The lowest BCUT2D eigenvalue weighted by Gasteiger charge is -2.12. The van der Waals surface area contributed by atoms with Crippen LogP contribution in [0.3, 0.4) is 0 Å². The zero-order chi connectivity index (χ0) is 15.2. The first-order valence-corrected chi connectivity index (χ1v) is 7.86. The van der Waals surface area contributed by atoms with Crippen LogP contribution in [0.5, 0.6) is 0 Å². The van der Waals surface area contributed by atoms with Crippen LogP contribution < -0.4 is 11.1 Å². The normalized spacial score (nSPS) is 12.0. The van der Waals surface area contributed by atoms with Gasteiger partial charge in [-0.05, 0) is 36.8 Å². The molecule has 3 nitrogen and oxygen atoms in total. The molecule has 0 bridgehead atoms. The molecule has 0 aliphatic heterocycles. The second kappa shape index (κ2) is 7.29. The topological polar surface area (TPSA) is 55.1 Å². The van der Waals surface area contributed by atoms with Crippen molar-refractivity contribution in [1.29, 1.82) is 0 Å². The molecule has 0 aliphatic rings. The van der Waals surface area contributed by atoms with Crippen molar-refractivity contribution in [3.63, 3.8) is 0 Å². The molecule has 110 valence electrons. The zero-order valence-corrected chi connectivity index (χ0v) is 13.1. The molecule has 0 heterocycles. The van der Waals surface area contributed by atoms with Crippen LogP contribution in [-0.2, 0) is 4.79 Å². The van der Waals surface area contributed by atoms with Crippen molar-refractivity contribution < 1.29 is 4.79 Å². The van der Waals surface area contributed by atoms with Crippen molar-refractivity contribution in [2.45, 2.75) is 24.8 Å². The Morgan fingerprint density at radius 2 is 1.76 bits per heavy atom. The predicted molar refractivity (Wildman–Crippen MR) is 89.6 cm³/mol. The number of aryl methyl sites for hydroxylation is 1. The molecule has 2 aromatic rings. The van der Waals surface area contributed by atoms with Gasteiger partial charge in [0.2, 0.25) is 5.91 Å². The minimum Gasteiger partial charge on any atom is -0.326 e. The summed E-state index contributed by atoms with van der Waals surface area (Å²) in [7, 11) is 0. The number of nitrogens with one attached hydrogen (secondary N) is 1. The van der Waals surface area contributed by atoms with Crippen LogP contribution in [0, 0.1) is 6.92 Å². The van der Waals surface area contributed by atoms with E-state index in [4.69, 9.17) is 5.73 Å². The van der Waals surface area contributed by atoms with E-state index in [0.717, 1.165) is 21.9 Å². The third kappa shape index (κ3) is 4.92. The third-order valence-electron chi connectivity index (χ3n) is 3.11. The smallest absolute Gasteiger partial charge is 0.221 e. The van der Waals surface area contributed by atoms with Gasteiger partial charge in [0.15, 0.2) is 0 Å². The van der Waals surface area contributed by atoms with Crippen LogP contribution in [0.15, 0.2) is 53.4 Å². The maximum atomic E-state index is 11.0. The highest BCUT2D eigenvalue weighted by Crippen LogP contribution is 2.25. The third-order valence-corrected chi connectivity index (χ3v) is 4.24. The van der Waals surface area contributed by atoms with Crippen LogP contribution in [-0.4, -0.2) is 11.7 Å². The van der Waals surface area contributed by atoms with Crippen LogP contribution in [0.2, 0.25) is 0 Å². The predicted octanol–water partition coefficient (Wildman–Crippen LogP) is 3.75. The maximum absolute atomic E-state index is 11.0. The summed E-state index contributed by atoms with van der Waals surface area (Å²) in [5.74, 6) is 0.763. The first-order valence-electron chi connectivity index (χ1n) is 6.87. The SMILES string of the molecule is CC(=O)Nc1ccc(SCC(N)c2ccc(C)cc2)cc1. The molecular formula is C17H20N2OS. The van der Waals surface area contributed by atoms with Crippen molar-refractivity contribution in [3.8, 4) is 0 Å². The molecule has 0 aromatic heterocycles. The van der Waals surface area contributed by atoms with E-state index in [1.54, 1.807) is 11.8 Å². The Morgan fingerprint density at radius 3 is 2.33 bits per heavy atom. The summed E-state index contributed by atoms with van der Waals surface area (Å²) in [6.07, 6.45) is 0. The number of nitrogens with two attached hydrogens (primary N) is 1. The molecule has 1 atom stereocenters. The van der Waals surface area contributed by atoms with E-state index >= 15 is 0 Å². The van der Waals surface area contributed by atoms with Gasteiger partial charge in [-0.1, -0.05) is 29.8 Å². The lowest BCUT2D eigenvalue weighted by molar-refractivity contribution is -0.114. The number of thioether (sulfide) groups is 1. The Hall–Kier alpha value is -1.78. The molecule has 2 aromatic carbocycles. The van der Waals surface area contributed by atoms with Crippen molar-refractivity contribution in [1.82, 2.24) is 0 Å². The van der Waals surface area contributed by atoms with Crippen molar-refractivity contribution in [3.05, 3.63) is 59.7 Å². The summed E-state index contributed by atoms with van der Waals surface area (Å²) in [6, 6.07) is 16.2. The van der Waals surface area contributed by atoms with Gasteiger partial charge in [-0.25, -0.2) is 0 Å².